The van der Waals surface area contributed by atoms with Gasteiger partial charge in [-0.1, -0.05) is 15.9 Å². The zero-order valence-corrected chi connectivity index (χ0v) is 14.0. The fourth-order valence-corrected chi connectivity index (χ4v) is 2.02. The smallest absolute Gasteiger partial charge is 0.481 e. The number of carbonyl (C=O) groups excluding carboxylic acids is 1. The van der Waals surface area contributed by atoms with Crippen molar-refractivity contribution in [1.29, 1.82) is 0 Å². The molecule has 0 aliphatic carbocycles. The van der Waals surface area contributed by atoms with Gasteiger partial charge in [-0.15, -0.1) is 13.2 Å². The number of rotatable bonds is 5. The molecule has 0 aliphatic rings. The molecule has 0 saturated heterocycles. The van der Waals surface area contributed by atoms with Crippen molar-refractivity contribution in [3.8, 4) is 11.5 Å². The van der Waals surface area contributed by atoms with E-state index < -0.39 is 18.4 Å². The van der Waals surface area contributed by atoms with Gasteiger partial charge in [0.2, 0.25) is 0 Å². The predicted octanol–water partition coefficient (Wildman–Crippen LogP) is 4.75. The Labute approximate surface area is 144 Å². The Kier molecular flexibility index (Phi) is 5.71. The van der Waals surface area contributed by atoms with Crippen molar-refractivity contribution >= 4 is 27.5 Å². The van der Waals surface area contributed by atoms with Crippen molar-refractivity contribution in [2.75, 3.05) is 5.32 Å². The third-order valence-electron chi connectivity index (χ3n) is 2.85. The van der Waals surface area contributed by atoms with E-state index in [9.17, 15) is 18.0 Å². The summed E-state index contributed by atoms with van der Waals surface area (Å²) in [5, 5.41) is 2.55. The van der Waals surface area contributed by atoms with E-state index in [4.69, 9.17) is 4.74 Å². The van der Waals surface area contributed by atoms with Crippen molar-refractivity contribution in [2.45, 2.75) is 19.4 Å². The monoisotopic (exact) mass is 403 g/mol. The van der Waals surface area contributed by atoms with E-state index in [-0.39, 0.29) is 5.75 Å². The molecule has 0 unspecified atom stereocenters. The summed E-state index contributed by atoms with van der Waals surface area (Å²) in [5.41, 5.74) is 0.334. The first-order valence-electron chi connectivity index (χ1n) is 6.82. The highest BCUT2D eigenvalue weighted by Crippen LogP contribution is 2.24. The summed E-state index contributed by atoms with van der Waals surface area (Å²) in [4.78, 5) is 12.0. The summed E-state index contributed by atoms with van der Waals surface area (Å²) >= 11 is 3.29. The lowest BCUT2D eigenvalue weighted by atomic mass is 10.2. The maximum absolute atomic E-state index is 12.1. The van der Waals surface area contributed by atoms with Crippen molar-refractivity contribution < 1.29 is 27.4 Å². The molecule has 0 heterocycles. The number of carbonyl (C=O) groups is 1. The molecule has 0 fully saturated rings. The largest absolute Gasteiger partial charge is 0.573 e. The lowest BCUT2D eigenvalue weighted by molar-refractivity contribution is -0.274. The summed E-state index contributed by atoms with van der Waals surface area (Å²) in [7, 11) is 0. The molecule has 0 aliphatic heterocycles. The Morgan fingerprint density at radius 2 is 1.58 bits per heavy atom. The van der Waals surface area contributed by atoms with Crippen LogP contribution in [0.5, 0.6) is 11.5 Å². The molecular weight excluding hydrogens is 391 g/mol. The summed E-state index contributed by atoms with van der Waals surface area (Å²) in [5.74, 6) is -0.267. The molecule has 2 aromatic carbocycles. The third kappa shape index (κ3) is 5.77. The Hall–Kier alpha value is -2.22. The number of alkyl halides is 3. The molecule has 2 rings (SSSR count). The van der Waals surface area contributed by atoms with E-state index in [0.717, 1.165) is 16.6 Å². The third-order valence-corrected chi connectivity index (χ3v) is 3.38. The maximum Gasteiger partial charge on any atom is 0.573 e. The van der Waals surface area contributed by atoms with Gasteiger partial charge in [0.25, 0.3) is 5.91 Å². The highest BCUT2D eigenvalue weighted by molar-refractivity contribution is 9.10. The van der Waals surface area contributed by atoms with Gasteiger partial charge in [-0.2, -0.15) is 0 Å². The standard InChI is InChI=1S/C16H13BrF3NO3/c1-10(23-13-6-2-11(17)3-7-13)15(22)21-12-4-8-14(9-5-12)24-16(18,19)20/h2-10H,1H3,(H,21,22)/t10-/m1/s1. The molecule has 0 saturated carbocycles. The van der Waals surface area contributed by atoms with Crippen molar-refractivity contribution in [3.63, 3.8) is 0 Å². The van der Waals surface area contributed by atoms with Gasteiger partial charge in [0.05, 0.1) is 0 Å². The molecule has 0 radical (unpaired) electrons. The van der Waals surface area contributed by atoms with Crippen LogP contribution in [0.25, 0.3) is 0 Å². The summed E-state index contributed by atoms with van der Waals surface area (Å²) in [6.07, 6.45) is -5.53. The average Bonchev–Trinajstić information content (AvgIpc) is 2.50. The van der Waals surface area contributed by atoms with Gasteiger partial charge in [-0.3, -0.25) is 4.79 Å². The number of ether oxygens (including phenoxy) is 2. The summed E-state index contributed by atoms with van der Waals surface area (Å²) < 4.78 is 46.4. The Balaban J connectivity index is 1.92. The molecular formula is C16H13BrF3NO3. The van der Waals surface area contributed by atoms with Gasteiger partial charge in [0, 0.05) is 10.2 Å². The minimum Gasteiger partial charge on any atom is -0.481 e. The van der Waals surface area contributed by atoms with Crippen molar-refractivity contribution in [2.24, 2.45) is 0 Å². The molecule has 4 nitrogen and oxygen atoms in total. The number of nitrogens with one attached hydrogen (secondary N) is 1. The van der Waals surface area contributed by atoms with Gasteiger partial charge < -0.3 is 14.8 Å². The Morgan fingerprint density at radius 1 is 1.04 bits per heavy atom. The first-order chi connectivity index (χ1) is 11.2. The quantitative estimate of drug-likeness (QED) is 0.783. The first-order valence-corrected chi connectivity index (χ1v) is 7.61. The van der Waals surface area contributed by atoms with E-state index in [1.165, 1.54) is 12.1 Å². The normalized spacial score (nSPS) is 12.4. The zero-order valence-electron chi connectivity index (χ0n) is 12.4. The SMILES string of the molecule is C[C@@H](Oc1ccc(Br)cc1)C(=O)Nc1ccc(OC(F)(F)F)cc1. The van der Waals surface area contributed by atoms with Crippen LogP contribution in [-0.4, -0.2) is 18.4 Å². The average molecular weight is 404 g/mol. The number of hydrogen-bond acceptors (Lipinski definition) is 3. The molecule has 1 amide bonds. The lowest BCUT2D eigenvalue weighted by Crippen LogP contribution is -2.30. The second-order valence-electron chi connectivity index (χ2n) is 4.78. The molecule has 0 spiro atoms. The van der Waals surface area contributed by atoms with Crippen molar-refractivity contribution in [1.82, 2.24) is 0 Å². The van der Waals surface area contributed by atoms with Gasteiger partial charge in [0.1, 0.15) is 11.5 Å². The van der Waals surface area contributed by atoms with Crippen LogP contribution in [0.1, 0.15) is 6.92 Å². The van der Waals surface area contributed by atoms with Crippen LogP contribution in [0, 0.1) is 0 Å². The molecule has 128 valence electrons. The van der Waals surface area contributed by atoms with E-state index in [2.05, 4.69) is 26.0 Å². The second-order valence-corrected chi connectivity index (χ2v) is 5.69. The molecule has 0 aromatic heterocycles. The Bertz CT molecular complexity index is 687. The van der Waals surface area contributed by atoms with E-state index in [0.29, 0.717) is 11.4 Å². The van der Waals surface area contributed by atoms with E-state index in [1.807, 2.05) is 0 Å². The van der Waals surface area contributed by atoms with Gasteiger partial charge in [-0.25, -0.2) is 0 Å². The number of anilines is 1. The van der Waals surface area contributed by atoms with Crippen LogP contribution in [0.3, 0.4) is 0 Å². The lowest BCUT2D eigenvalue weighted by Gasteiger charge is -2.15. The number of amides is 1. The van der Waals surface area contributed by atoms with Gasteiger partial charge in [-0.05, 0) is 55.5 Å². The highest BCUT2D eigenvalue weighted by Gasteiger charge is 2.31. The van der Waals surface area contributed by atoms with E-state index >= 15 is 0 Å². The molecule has 8 heteroatoms. The predicted molar refractivity (Wildman–Crippen MR) is 86.0 cm³/mol. The Morgan fingerprint density at radius 3 is 2.12 bits per heavy atom. The maximum atomic E-state index is 12.1. The minimum atomic E-state index is -4.75. The molecule has 0 bridgehead atoms. The van der Waals surface area contributed by atoms with Crippen molar-refractivity contribution in [3.05, 3.63) is 53.0 Å². The molecule has 24 heavy (non-hydrogen) atoms. The zero-order chi connectivity index (χ0) is 17.7. The van der Waals surface area contributed by atoms with Crippen LogP contribution in [0.15, 0.2) is 53.0 Å². The van der Waals surface area contributed by atoms with Crippen LogP contribution >= 0.6 is 15.9 Å². The highest BCUT2D eigenvalue weighted by atomic mass is 79.9. The molecule has 2 aromatic rings. The van der Waals surface area contributed by atoms with Crippen LogP contribution in [0.4, 0.5) is 18.9 Å². The van der Waals surface area contributed by atoms with Crippen LogP contribution in [0.2, 0.25) is 0 Å². The van der Waals surface area contributed by atoms with Crippen LogP contribution in [-0.2, 0) is 4.79 Å². The number of benzene rings is 2. The fourth-order valence-electron chi connectivity index (χ4n) is 1.75. The topological polar surface area (TPSA) is 47.6 Å². The molecule has 1 N–H and O–H groups in total. The van der Waals surface area contributed by atoms with E-state index in [1.54, 1.807) is 31.2 Å². The first kappa shape index (κ1) is 18.1. The van der Waals surface area contributed by atoms with Crippen LogP contribution < -0.4 is 14.8 Å². The summed E-state index contributed by atoms with van der Waals surface area (Å²) in [6.45, 7) is 1.57. The second kappa shape index (κ2) is 7.57. The number of hydrogen-bond donors (Lipinski definition) is 1. The van der Waals surface area contributed by atoms with Gasteiger partial charge >= 0.3 is 6.36 Å². The molecule has 1 atom stereocenters. The minimum absolute atomic E-state index is 0.334. The summed E-state index contributed by atoms with van der Waals surface area (Å²) in [6, 6.07) is 11.8. The fraction of sp³-hybridized carbons (Fsp3) is 0.188. The number of halogens is 4. The van der Waals surface area contributed by atoms with Gasteiger partial charge in [0.15, 0.2) is 6.10 Å².